The molecule has 1 aliphatic heterocycles. The molecular weight excluding hydrogens is 410 g/mol. The lowest BCUT2D eigenvalue weighted by molar-refractivity contribution is -0.129. The molecule has 4 aromatic rings. The summed E-state index contributed by atoms with van der Waals surface area (Å²) in [6.07, 6.45) is 6.88. The number of carbonyl (C=O) groups is 1. The number of nitrogens with zero attached hydrogens (tertiary/aromatic N) is 1. The van der Waals surface area contributed by atoms with Crippen molar-refractivity contribution >= 4 is 33.2 Å². The Balaban J connectivity index is 1.56. The first-order valence-electron chi connectivity index (χ1n) is 11.6. The van der Waals surface area contributed by atoms with Gasteiger partial charge < -0.3 is 14.1 Å². The summed E-state index contributed by atoms with van der Waals surface area (Å²) in [6, 6.07) is 19.1. The molecule has 3 aromatic carbocycles. The third-order valence-corrected chi connectivity index (χ3v) is 6.81. The van der Waals surface area contributed by atoms with Gasteiger partial charge in [-0.25, -0.2) is 0 Å². The lowest BCUT2D eigenvalue weighted by atomic mass is 9.97. The van der Waals surface area contributed by atoms with Crippen molar-refractivity contribution in [3.63, 3.8) is 0 Å². The molecule has 2 heterocycles. The number of piperidine rings is 1. The molecule has 0 saturated carbocycles. The first-order valence-corrected chi connectivity index (χ1v) is 11.6. The summed E-state index contributed by atoms with van der Waals surface area (Å²) in [4.78, 5) is 15.0. The Morgan fingerprint density at radius 2 is 1.91 bits per heavy atom. The molecule has 1 atom stereocenters. The number of allylic oxidation sites excluding steroid dienone is 1. The number of hydrogen-bond donors (Lipinski definition) is 0. The molecule has 1 amide bonds. The Bertz CT molecular complexity index is 1360. The predicted molar refractivity (Wildman–Crippen MR) is 134 cm³/mol. The van der Waals surface area contributed by atoms with Crippen LogP contribution in [0.15, 0.2) is 71.4 Å². The SMILES string of the molecule is COc1cc2occ(-c3ccc4ccccc4c3)c2cc1/C(C)=C/C(=O)N1CCCCC1C. The van der Waals surface area contributed by atoms with Gasteiger partial charge in [0.15, 0.2) is 0 Å². The maximum Gasteiger partial charge on any atom is 0.247 e. The second-order valence-electron chi connectivity index (χ2n) is 8.96. The topological polar surface area (TPSA) is 42.7 Å². The third kappa shape index (κ3) is 4.02. The molecule has 1 unspecified atom stereocenters. The molecule has 4 nitrogen and oxygen atoms in total. The number of benzene rings is 3. The van der Waals surface area contributed by atoms with E-state index in [0.29, 0.717) is 5.75 Å². The summed E-state index contributed by atoms with van der Waals surface area (Å²) in [7, 11) is 1.65. The van der Waals surface area contributed by atoms with Crippen LogP contribution in [0.25, 0.3) is 38.4 Å². The minimum atomic E-state index is 0.0730. The maximum atomic E-state index is 13.0. The number of hydrogen-bond acceptors (Lipinski definition) is 3. The van der Waals surface area contributed by atoms with Crippen LogP contribution in [0.4, 0.5) is 0 Å². The van der Waals surface area contributed by atoms with E-state index in [1.54, 1.807) is 19.4 Å². The van der Waals surface area contributed by atoms with Crippen molar-refractivity contribution in [3.8, 4) is 16.9 Å². The fraction of sp³-hybridized carbons (Fsp3) is 0.276. The Hall–Kier alpha value is -3.53. The number of furan rings is 1. The van der Waals surface area contributed by atoms with Gasteiger partial charge in [0.25, 0.3) is 0 Å². The van der Waals surface area contributed by atoms with Gasteiger partial charge >= 0.3 is 0 Å². The Morgan fingerprint density at radius 3 is 2.70 bits per heavy atom. The standard InChI is InChI=1S/C29H29NO3/c1-19(14-29(31)30-13-7-6-8-20(30)2)24-16-25-26(18-33-28(25)17-27(24)32-3)23-12-11-21-9-4-5-10-22(21)15-23/h4-5,9-12,14-18,20H,6-8,13H2,1-3H3/b19-14+. The van der Waals surface area contributed by atoms with Crippen molar-refractivity contribution in [1.29, 1.82) is 0 Å². The number of likely N-dealkylation sites (tertiary alicyclic amines) is 1. The number of methoxy groups -OCH3 is 1. The number of rotatable bonds is 4. The van der Waals surface area contributed by atoms with Gasteiger partial charge in [-0.2, -0.15) is 0 Å². The fourth-order valence-corrected chi connectivity index (χ4v) is 4.88. The largest absolute Gasteiger partial charge is 0.496 e. The number of fused-ring (bicyclic) bond motifs is 2. The molecule has 33 heavy (non-hydrogen) atoms. The van der Waals surface area contributed by atoms with Crippen LogP contribution in [0.5, 0.6) is 5.75 Å². The first kappa shape index (κ1) is 21.3. The molecule has 1 aromatic heterocycles. The third-order valence-electron chi connectivity index (χ3n) is 6.81. The molecular formula is C29H29NO3. The fourth-order valence-electron chi connectivity index (χ4n) is 4.88. The van der Waals surface area contributed by atoms with Crippen molar-refractivity contribution in [3.05, 3.63) is 72.5 Å². The average molecular weight is 440 g/mol. The molecule has 1 fully saturated rings. The normalized spacial score (nSPS) is 17.0. The molecule has 168 valence electrons. The lowest BCUT2D eigenvalue weighted by Gasteiger charge is -2.32. The van der Waals surface area contributed by atoms with E-state index >= 15 is 0 Å². The molecule has 0 aliphatic carbocycles. The molecule has 5 rings (SSSR count). The molecule has 0 bridgehead atoms. The highest BCUT2D eigenvalue weighted by Gasteiger charge is 2.22. The van der Waals surface area contributed by atoms with Gasteiger partial charge in [-0.05, 0) is 67.2 Å². The van der Waals surface area contributed by atoms with E-state index in [0.717, 1.165) is 52.6 Å². The first-order chi connectivity index (χ1) is 16.0. The van der Waals surface area contributed by atoms with Gasteiger partial charge in [-0.15, -0.1) is 0 Å². The summed E-state index contributed by atoms with van der Waals surface area (Å²) in [5, 5.41) is 3.41. The van der Waals surface area contributed by atoms with Crippen LogP contribution >= 0.6 is 0 Å². The maximum absolute atomic E-state index is 13.0. The zero-order valence-electron chi connectivity index (χ0n) is 19.4. The van der Waals surface area contributed by atoms with Crippen molar-refractivity contribution in [2.75, 3.05) is 13.7 Å². The summed E-state index contributed by atoms with van der Waals surface area (Å²) >= 11 is 0. The van der Waals surface area contributed by atoms with E-state index in [-0.39, 0.29) is 11.9 Å². The smallest absolute Gasteiger partial charge is 0.247 e. The Labute approximate surface area is 194 Å². The lowest BCUT2D eigenvalue weighted by Crippen LogP contribution is -2.41. The van der Waals surface area contributed by atoms with Crippen LogP contribution < -0.4 is 4.74 Å². The predicted octanol–water partition coefficient (Wildman–Crippen LogP) is 7.07. The van der Waals surface area contributed by atoms with Crippen LogP contribution in [-0.2, 0) is 4.79 Å². The highest BCUT2D eigenvalue weighted by molar-refractivity contribution is 6.01. The van der Waals surface area contributed by atoms with Gasteiger partial charge in [0.1, 0.15) is 11.3 Å². The highest BCUT2D eigenvalue weighted by Crippen LogP contribution is 2.38. The van der Waals surface area contributed by atoms with Gasteiger partial charge in [0.05, 0.1) is 13.4 Å². The van der Waals surface area contributed by atoms with Gasteiger partial charge in [-0.3, -0.25) is 4.79 Å². The highest BCUT2D eigenvalue weighted by atomic mass is 16.5. The van der Waals surface area contributed by atoms with E-state index in [2.05, 4.69) is 55.5 Å². The zero-order chi connectivity index (χ0) is 22.9. The van der Waals surface area contributed by atoms with Crippen molar-refractivity contribution in [2.24, 2.45) is 0 Å². The van der Waals surface area contributed by atoms with E-state index in [1.807, 2.05) is 17.9 Å². The van der Waals surface area contributed by atoms with Crippen molar-refractivity contribution in [2.45, 2.75) is 39.2 Å². The number of carbonyl (C=O) groups excluding carboxylic acids is 1. The zero-order valence-corrected chi connectivity index (χ0v) is 19.4. The number of amides is 1. The molecule has 0 radical (unpaired) electrons. The number of ether oxygens (including phenoxy) is 1. The minimum Gasteiger partial charge on any atom is -0.496 e. The van der Waals surface area contributed by atoms with Crippen LogP contribution in [0.3, 0.4) is 0 Å². The second kappa shape index (κ2) is 8.78. The van der Waals surface area contributed by atoms with E-state index < -0.39 is 0 Å². The summed E-state index contributed by atoms with van der Waals surface area (Å²) in [6.45, 7) is 4.94. The molecule has 1 saturated heterocycles. The molecule has 0 spiro atoms. The minimum absolute atomic E-state index is 0.0730. The van der Waals surface area contributed by atoms with Crippen LogP contribution in [0.1, 0.15) is 38.7 Å². The monoisotopic (exact) mass is 439 g/mol. The van der Waals surface area contributed by atoms with Crippen LogP contribution in [0.2, 0.25) is 0 Å². The van der Waals surface area contributed by atoms with Gasteiger partial charge in [0.2, 0.25) is 5.91 Å². The summed E-state index contributed by atoms with van der Waals surface area (Å²) in [5.74, 6) is 0.777. The van der Waals surface area contributed by atoms with Gasteiger partial charge in [-0.1, -0.05) is 36.4 Å². The van der Waals surface area contributed by atoms with E-state index in [1.165, 1.54) is 17.2 Å². The van der Waals surface area contributed by atoms with Crippen molar-refractivity contribution in [1.82, 2.24) is 4.90 Å². The molecule has 0 N–H and O–H groups in total. The van der Waals surface area contributed by atoms with E-state index in [9.17, 15) is 4.79 Å². The molecule has 4 heteroatoms. The van der Waals surface area contributed by atoms with Gasteiger partial charge in [0, 0.05) is 41.2 Å². The molecule has 1 aliphatic rings. The second-order valence-corrected chi connectivity index (χ2v) is 8.96. The Kier molecular flexibility index (Phi) is 5.67. The Morgan fingerprint density at radius 1 is 1.09 bits per heavy atom. The van der Waals surface area contributed by atoms with Crippen molar-refractivity contribution < 1.29 is 13.9 Å². The van der Waals surface area contributed by atoms with Crippen LogP contribution in [-0.4, -0.2) is 30.5 Å². The van der Waals surface area contributed by atoms with E-state index in [4.69, 9.17) is 9.15 Å². The summed E-state index contributed by atoms with van der Waals surface area (Å²) < 4.78 is 11.6. The average Bonchev–Trinajstić information content (AvgIpc) is 3.26. The van der Waals surface area contributed by atoms with Crippen LogP contribution in [0, 0.1) is 0 Å². The quantitative estimate of drug-likeness (QED) is 0.320. The summed E-state index contributed by atoms with van der Waals surface area (Å²) in [5.41, 5.74) is 4.70.